The van der Waals surface area contributed by atoms with Crippen molar-refractivity contribution in [2.75, 3.05) is 18.0 Å². The number of amides is 1. The van der Waals surface area contributed by atoms with E-state index in [0.717, 1.165) is 19.3 Å². The minimum atomic E-state index is -3.77. The molecular weight excluding hydrogens is 428 g/mol. The van der Waals surface area contributed by atoms with Gasteiger partial charge in [-0.15, -0.1) is 0 Å². The molecular formula is C24H32N2O5S. The van der Waals surface area contributed by atoms with Crippen LogP contribution in [0.25, 0.3) is 0 Å². The third kappa shape index (κ3) is 7.37. The first-order chi connectivity index (χ1) is 15.1. The quantitative estimate of drug-likeness (QED) is 0.512. The minimum Gasteiger partial charge on any atom is -0.452 e. The number of rotatable bonds is 11. The average Bonchev–Trinajstić information content (AvgIpc) is 2.77. The number of hydrogen-bond acceptors (Lipinski definition) is 5. The van der Waals surface area contributed by atoms with Crippen molar-refractivity contribution in [2.24, 2.45) is 5.92 Å². The van der Waals surface area contributed by atoms with Crippen LogP contribution in [0.2, 0.25) is 0 Å². The first-order valence-corrected chi connectivity index (χ1v) is 12.2. The average molecular weight is 461 g/mol. The Morgan fingerprint density at radius 1 is 0.969 bits per heavy atom. The summed E-state index contributed by atoms with van der Waals surface area (Å²) < 4.78 is 31.8. The molecule has 0 aliphatic carbocycles. The van der Waals surface area contributed by atoms with Gasteiger partial charge >= 0.3 is 5.97 Å². The molecule has 1 amide bonds. The Morgan fingerprint density at radius 3 is 2.19 bits per heavy atom. The van der Waals surface area contributed by atoms with Gasteiger partial charge in [0.25, 0.3) is 15.9 Å². The summed E-state index contributed by atoms with van der Waals surface area (Å²) in [4.78, 5) is 24.3. The molecule has 0 aliphatic rings. The van der Waals surface area contributed by atoms with Crippen LogP contribution in [-0.4, -0.2) is 40.0 Å². The second kappa shape index (κ2) is 11.7. The molecule has 32 heavy (non-hydrogen) atoms. The lowest BCUT2D eigenvalue weighted by Crippen LogP contribution is -2.35. The number of carbonyl (C=O) groups excluding carboxylic acids is 2. The van der Waals surface area contributed by atoms with E-state index in [1.165, 1.54) is 35.6 Å². The Hall–Kier alpha value is -2.87. The smallest absolute Gasteiger partial charge is 0.338 e. The van der Waals surface area contributed by atoms with Crippen LogP contribution >= 0.6 is 0 Å². The SMILES string of the molecule is CC(C)CCCC(C)NC(=O)COC(=O)c1ccc(S(=O)(=O)N(C)c2ccccc2)cc1. The summed E-state index contributed by atoms with van der Waals surface area (Å²) in [5.74, 6) is -0.425. The zero-order chi connectivity index (χ0) is 23.7. The van der Waals surface area contributed by atoms with E-state index in [-0.39, 0.29) is 29.0 Å². The van der Waals surface area contributed by atoms with Gasteiger partial charge in [-0.1, -0.05) is 44.9 Å². The van der Waals surface area contributed by atoms with Gasteiger partial charge in [0.2, 0.25) is 0 Å². The van der Waals surface area contributed by atoms with Crippen LogP contribution in [0.3, 0.4) is 0 Å². The number of anilines is 1. The number of nitrogens with zero attached hydrogens (tertiary/aromatic N) is 1. The number of para-hydroxylation sites is 1. The maximum absolute atomic E-state index is 12.8. The molecule has 0 fully saturated rings. The van der Waals surface area contributed by atoms with Crippen LogP contribution in [0.4, 0.5) is 5.69 Å². The van der Waals surface area contributed by atoms with E-state index in [1.54, 1.807) is 30.3 Å². The van der Waals surface area contributed by atoms with Crippen LogP contribution in [-0.2, 0) is 19.6 Å². The molecule has 0 aliphatic heterocycles. The molecule has 8 heteroatoms. The predicted octanol–water partition coefficient (Wildman–Crippen LogP) is 4.00. The molecule has 0 saturated heterocycles. The van der Waals surface area contributed by atoms with Gasteiger partial charge in [0.1, 0.15) is 0 Å². The van der Waals surface area contributed by atoms with Crippen LogP contribution in [0.1, 0.15) is 50.4 Å². The van der Waals surface area contributed by atoms with Crippen molar-refractivity contribution in [1.82, 2.24) is 5.32 Å². The molecule has 2 aromatic carbocycles. The second-order valence-corrected chi connectivity index (χ2v) is 10.2. The largest absolute Gasteiger partial charge is 0.452 e. The Bertz CT molecular complexity index is 989. The summed E-state index contributed by atoms with van der Waals surface area (Å²) in [6, 6.07) is 14.2. The van der Waals surface area contributed by atoms with Crippen molar-refractivity contribution in [2.45, 2.75) is 51.0 Å². The molecule has 1 atom stereocenters. The van der Waals surface area contributed by atoms with E-state index in [1.807, 2.05) is 6.92 Å². The number of ether oxygens (including phenoxy) is 1. The van der Waals surface area contributed by atoms with Gasteiger partial charge < -0.3 is 10.1 Å². The molecule has 2 rings (SSSR count). The van der Waals surface area contributed by atoms with E-state index >= 15 is 0 Å². The number of nitrogens with one attached hydrogen (secondary N) is 1. The maximum atomic E-state index is 12.8. The van der Waals surface area contributed by atoms with E-state index in [4.69, 9.17) is 4.74 Å². The van der Waals surface area contributed by atoms with Gasteiger partial charge in [0, 0.05) is 13.1 Å². The monoisotopic (exact) mass is 460 g/mol. The highest BCUT2D eigenvalue weighted by molar-refractivity contribution is 7.92. The predicted molar refractivity (Wildman–Crippen MR) is 125 cm³/mol. The molecule has 0 radical (unpaired) electrons. The lowest BCUT2D eigenvalue weighted by Gasteiger charge is -2.19. The van der Waals surface area contributed by atoms with Gasteiger partial charge in [-0.3, -0.25) is 9.10 Å². The Morgan fingerprint density at radius 2 is 1.59 bits per heavy atom. The number of hydrogen-bond donors (Lipinski definition) is 1. The number of benzene rings is 2. The van der Waals surface area contributed by atoms with Gasteiger partial charge in [-0.25, -0.2) is 13.2 Å². The summed E-state index contributed by atoms with van der Waals surface area (Å²) >= 11 is 0. The fraction of sp³-hybridized carbons (Fsp3) is 0.417. The molecule has 1 unspecified atom stereocenters. The first kappa shape index (κ1) is 25.4. The zero-order valence-electron chi connectivity index (χ0n) is 19.1. The fourth-order valence-electron chi connectivity index (χ4n) is 3.13. The van der Waals surface area contributed by atoms with Gasteiger partial charge in [0.05, 0.1) is 16.1 Å². The van der Waals surface area contributed by atoms with Crippen LogP contribution in [0, 0.1) is 5.92 Å². The maximum Gasteiger partial charge on any atom is 0.338 e. The van der Waals surface area contributed by atoms with Crippen LogP contribution < -0.4 is 9.62 Å². The third-order valence-electron chi connectivity index (χ3n) is 5.03. The Labute approximate surface area is 190 Å². The number of sulfonamides is 1. The Kier molecular flexibility index (Phi) is 9.26. The topological polar surface area (TPSA) is 92.8 Å². The lowest BCUT2D eigenvalue weighted by atomic mass is 10.0. The molecule has 0 saturated carbocycles. The van der Waals surface area contributed by atoms with E-state index in [2.05, 4.69) is 19.2 Å². The molecule has 2 aromatic rings. The molecule has 174 valence electrons. The Balaban J connectivity index is 1.89. The van der Waals surface area contributed by atoms with Crippen LogP contribution in [0.15, 0.2) is 59.5 Å². The highest BCUT2D eigenvalue weighted by Gasteiger charge is 2.22. The summed E-state index contributed by atoms with van der Waals surface area (Å²) in [5, 5.41) is 2.82. The summed E-state index contributed by atoms with van der Waals surface area (Å²) in [6.45, 7) is 5.86. The van der Waals surface area contributed by atoms with Crippen molar-refractivity contribution in [3.8, 4) is 0 Å². The third-order valence-corrected chi connectivity index (χ3v) is 6.83. The van der Waals surface area contributed by atoms with Gasteiger partial charge in [0.15, 0.2) is 6.61 Å². The second-order valence-electron chi connectivity index (χ2n) is 8.20. The summed E-state index contributed by atoms with van der Waals surface area (Å²) in [6.07, 6.45) is 2.99. The summed E-state index contributed by atoms with van der Waals surface area (Å²) in [7, 11) is -2.30. The zero-order valence-corrected chi connectivity index (χ0v) is 19.9. The highest BCUT2D eigenvalue weighted by Crippen LogP contribution is 2.22. The lowest BCUT2D eigenvalue weighted by molar-refractivity contribution is -0.124. The number of carbonyl (C=O) groups is 2. The molecule has 0 bridgehead atoms. The molecule has 0 heterocycles. The van der Waals surface area contributed by atoms with Crippen molar-refractivity contribution in [3.05, 3.63) is 60.2 Å². The van der Waals surface area contributed by atoms with Gasteiger partial charge in [-0.2, -0.15) is 0 Å². The highest BCUT2D eigenvalue weighted by atomic mass is 32.2. The fourth-order valence-corrected chi connectivity index (χ4v) is 4.33. The van der Waals surface area contributed by atoms with E-state index in [0.29, 0.717) is 11.6 Å². The van der Waals surface area contributed by atoms with Crippen LogP contribution in [0.5, 0.6) is 0 Å². The standard InChI is InChI=1S/C24H32N2O5S/c1-18(2)9-8-10-19(3)25-23(27)17-31-24(28)20-13-15-22(16-14-20)32(29,30)26(4)21-11-6-5-7-12-21/h5-7,11-16,18-19H,8-10,17H2,1-4H3,(H,25,27). The molecule has 0 spiro atoms. The van der Waals surface area contributed by atoms with Crippen molar-refractivity contribution >= 4 is 27.6 Å². The van der Waals surface area contributed by atoms with Crippen molar-refractivity contribution in [1.29, 1.82) is 0 Å². The van der Waals surface area contributed by atoms with E-state index < -0.39 is 16.0 Å². The molecule has 1 N–H and O–H groups in total. The van der Waals surface area contributed by atoms with Crippen molar-refractivity contribution < 1.29 is 22.7 Å². The number of esters is 1. The molecule has 7 nitrogen and oxygen atoms in total. The van der Waals surface area contributed by atoms with Gasteiger partial charge in [-0.05, 0) is 55.7 Å². The minimum absolute atomic E-state index is 0.00560. The molecule has 0 aromatic heterocycles. The van der Waals surface area contributed by atoms with Crippen molar-refractivity contribution in [3.63, 3.8) is 0 Å². The first-order valence-electron chi connectivity index (χ1n) is 10.7. The van der Waals surface area contributed by atoms with E-state index in [9.17, 15) is 18.0 Å². The normalized spacial score (nSPS) is 12.3. The summed E-state index contributed by atoms with van der Waals surface area (Å²) in [5.41, 5.74) is 0.699.